The molecular weight excluding hydrogens is 306 g/mol. The van der Waals surface area contributed by atoms with Gasteiger partial charge in [-0.15, -0.1) is 0 Å². The number of carbonyl (C=O) groups excluding carboxylic acids is 2. The third-order valence-electron chi connectivity index (χ3n) is 4.04. The Bertz CT molecular complexity index is 553. The van der Waals surface area contributed by atoms with Crippen molar-refractivity contribution in [3.63, 3.8) is 0 Å². The first kappa shape index (κ1) is 18.3. The number of esters is 1. The van der Waals surface area contributed by atoms with Crippen molar-refractivity contribution in [2.45, 2.75) is 46.1 Å². The van der Waals surface area contributed by atoms with E-state index >= 15 is 0 Å². The highest BCUT2D eigenvalue weighted by Crippen LogP contribution is 2.20. The van der Waals surface area contributed by atoms with E-state index in [9.17, 15) is 9.59 Å². The molecule has 1 amide bonds. The third-order valence-corrected chi connectivity index (χ3v) is 4.04. The molecule has 1 unspecified atom stereocenters. The highest BCUT2D eigenvalue weighted by atomic mass is 16.5. The van der Waals surface area contributed by atoms with Crippen molar-refractivity contribution >= 4 is 11.9 Å². The Morgan fingerprint density at radius 2 is 1.96 bits per heavy atom. The van der Waals surface area contributed by atoms with E-state index in [4.69, 9.17) is 9.47 Å². The van der Waals surface area contributed by atoms with Crippen LogP contribution in [0.5, 0.6) is 5.75 Å². The summed E-state index contributed by atoms with van der Waals surface area (Å²) in [7, 11) is 0. The quantitative estimate of drug-likeness (QED) is 0.751. The molecule has 0 bridgehead atoms. The second-order valence-corrected chi connectivity index (χ2v) is 6.42. The van der Waals surface area contributed by atoms with Crippen LogP contribution in [0.15, 0.2) is 24.3 Å². The maximum atomic E-state index is 12.5. The molecule has 1 aliphatic heterocycles. The van der Waals surface area contributed by atoms with Crippen LogP contribution in [0.25, 0.3) is 0 Å². The summed E-state index contributed by atoms with van der Waals surface area (Å²) < 4.78 is 10.7. The first-order valence-electron chi connectivity index (χ1n) is 8.69. The molecular formula is C19H27NO4. The van der Waals surface area contributed by atoms with Crippen molar-refractivity contribution in [3.05, 3.63) is 29.8 Å². The number of hydrogen-bond donors (Lipinski definition) is 0. The second kappa shape index (κ2) is 8.71. The third kappa shape index (κ3) is 5.25. The number of nitrogens with zero attached hydrogens (tertiary/aromatic N) is 1. The summed E-state index contributed by atoms with van der Waals surface area (Å²) in [5.41, 5.74) is 0.953. The van der Waals surface area contributed by atoms with Crippen LogP contribution < -0.4 is 4.74 Å². The molecule has 5 nitrogen and oxygen atoms in total. The number of rotatable bonds is 6. The normalized spacial score (nSPS) is 17.7. The van der Waals surface area contributed by atoms with Crippen molar-refractivity contribution < 1.29 is 19.1 Å². The van der Waals surface area contributed by atoms with Gasteiger partial charge in [0.1, 0.15) is 5.75 Å². The standard InChI is InChI=1S/C19H27NO4/c1-4-23-19(22)16-6-5-11-20(13-16)18(21)12-15-7-9-17(10-8-15)24-14(2)3/h7-10,14,16H,4-6,11-13H2,1-3H3. The van der Waals surface area contributed by atoms with Gasteiger partial charge in [0.15, 0.2) is 0 Å². The van der Waals surface area contributed by atoms with Crippen LogP contribution in [-0.4, -0.2) is 42.6 Å². The van der Waals surface area contributed by atoms with Crippen LogP contribution in [0, 0.1) is 5.92 Å². The zero-order valence-corrected chi connectivity index (χ0v) is 14.8. The molecule has 0 radical (unpaired) electrons. The molecule has 1 fully saturated rings. The minimum absolute atomic E-state index is 0.0570. The summed E-state index contributed by atoms with van der Waals surface area (Å²) in [5, 5.41) is 0. The molecule has 0 aromatic heterocycles. The number of carbonyl (C=O) groups is 2. The van der Waals surface area contributed by atoms with Gasteiger partial charge in [0.2, 0.25) is 5.91 Å². The first-order chi connectivity index (χ1) is 11.5. The second-order valence-electron chi connectivity index (χ2n) is 6.42. The van der Waals surface area contributed by atoms with Crippen molar-refractivity contribution in [1.82, 2.24) is 4.90 Å². The predicted molar refractivity (Wildman–Crippen MR) is 91.8 cm³/mol. The zero-order valence-electron chi connectivity index (χ0n) is 14.8. The van der Waals surface area contributed by atoms with E-state index in [2.05, 4.69) is 0 Å². The molecule has 0 aliphatic carbocycles. The van der Waals surface area contributed by atoms with E-state index < -0.39 is 0 Å². The smallest absolute Gasteiger partial charge is 0.310 e. The van der Waals surface area contributed by atoms with Crippen LogP contribution in [0.4, 0.5) is 0 Å². The van der Waals surface area contributed by atoms with Gasteiger partial charge in [-0.05, 0) is 51.3 Å². The van der Waals surface area contributed by atoms with E-state index in [1.165, 1.54) is 0 Å². The van der Waals surface area contributed by atoms with E-state index in [0.29, 0.717) is 26.1 Å². The molecule has 2 rings (SSSR count). The molecule has 1 aromatic rings. The van der Waals surface area contributed by atoms with Crippen molar-refractivity contribution in [2.24, 2.45) is 5.92 Å². The minimum Gasteiger partial charge on any atom is -0.491 e. The summed E-state index contributed by atoms with van der Waals surface area (Å²) in [6.45, 7) is 7.32. The van der Waals surface area contributed by atoms with Gasteiger partial charge < -0.3 is 14.4 Å². The molecule has 0 saturated carbocycles. The van der Waals surface area contributed by atoms with Gasteiger partial charge in [-0.2, -0.15) is 0 Å². The van der Waals surface area contributed by atoms with E-state index in [0.717, 1.165) is 24.2 Å². The molecule has 1 heterocycles. The van der Waals surface area contributed by atoms with Crippen LogP contribution in [0.3, 0.4) is 0 Å². The highest BCUT2D eigenvalue weighted by molar-refractivity contribution is 5.80. The zero-order chi connectivity index (χ0) is 17.5. The van der Waals surface area contributed by atoms with Gasteiger partial charge in [0, 0.05) is 13.1 Å². The average Bonchev–Trinajstić information content (AvgIpc) is 2.56. The number of hydrogen-bond acceptors (Lipinski definition) is 4. The summed E-state index contributed by atoms with van der Waals surface area (Å²) in [6, 6.07) is 7.62. The molecule has 24 heavy (non-hydrogen) atoms. The molecule has 1 atom stereocenters. The summed E-state index contributed by atoms with van der Waals surface area (Å²) in [5.74, 6) is 0.484. The van der Waals surface area contributed by atoms with Gasteiger partial charge in [-0.3, -0.25) is 9.59 Å². The number of likely N-dealkylation sites (tertiary alicyclic amines) is 1. The Morgan fingerprint density at radius 1 is 1.25 bits per heavy atom. The highest BCUT2D eigenvalue weighted by Gasteiger charge is 2.29. The number of ether oxygens (including phenoxy) is 2. The van der Waals surface area contributed by atoms with E-state index in [-0.39, 0.29) is 23.9 Å². The molecule has 1 aromatic carbocycles. The monoisotopic (exact) mass is 333 g/mol. The minimum atomic E-state index is -0.190. The summed E-state index contributed by atoms with van der Waals surface area (Å²) in [6.07, 6.45) is 2.11. The van der Waals surface area contributed by atoms with Crippen LogP contribution in [0.1, 0.15) is 39.2 Å². The Kier molecular flexibility index (Phi) is 6.64. The fourth-order valence-electron chi connectivity index (χ4n) is 2.90. The Morgan fingerprint density at radius 3 is 2.58 bits per heavy atom. The van der Waals surface area contributed by atoms with Gasteiger partial charge in [-0.25, -0.2) is 0 Å². The van der Waals surface area contributed by atoms with Gasteiger partial charge in [0.05, 0.1) is 25.0 Å². The first-order valence-corrected chi connectivity index (χ1v) is 8.69. The molecule has 0 spiro atoms. The van der Waals surface area contributed by atoms with Crippen LogP contribution >= 0.6 is 0 Å². The molecule has 1 saturated heterocycles. The van der Waals surface area contributed by atoms with Gasteiger partial charge in [-0.1, -0.05) is 12.1 Å². The predicted octanol–water partition coefficient (Wildman–Crippen LogP) is 2.82. The van der Waals surface area contributed by atoms with Crippen molar-refractivity contribution in [3.8, 4) is 5.75 Å². The summed E-state index contributed by atoms with van der Waals surface area (Å²) >= 11 is 0. The fraction of sp³-hybridized carbons (Fsp3) is 0.579. The molecule has 5 heteroatoms. The topological polar surface area (TPSA) is 55.8 Å². The maximum absolute atomic E-state index is 12.5. The Labute approximate surface area is 143 Å². The molecule has 132 valence electrons. The SMILES string of the molecule is CCOC(=O)C1CCCN(C(=O)Cc2ccc(OC(C)C)cc2)C1. The van der Waals surface area contributed by atoms with E-state index in [1.54, 1.807) is 11.8 Å². The molecule has 1 aliphatic rings. The van der Waals surface area contributed by atoms with Crippen LogP contribution in [0.2, 0.25) is 0 Å². The average molecular weight is 333 g/mol. The van der Waals surface area contributed by atoms with Crippen molar-refractivity contribution in [1.29, 1.82) is 0 Å². The lowest BCUT2D eigenvalue weighted by molar-refractivity contribution is -0.151. The summed E-state index contributed by atoms with van der Waals surface area (Å²) in [4.78, 5) is 26.2. The van der Waals surface area contributed by atoms with Gasteiger partial charge in [0.25, 0.3) is 0 Å². The van der Waals surface area contributed by atoms with Crippen LogP contribution in [-0.2, 0) is 20.7 Å². The number of piperidine rings is 1. The largest absolute Gasteiger partial charge is 0.491 e. The lowest BCUT2D eigenvalue weighted by Crippen LogP contribution is -2.43. The fourth-order valence-corrected chi connectivity index (χ4v) is 2.90. The maximum Gasteiger partial charge on any atom is 0.310 e. The van der Waals surface area contributed by atoms with Crippen molar-refractivity contribution in [2.75, 3.05) is 19.7 Å². The lowest BCUT2D eigenvalue weighted by Gasteiger charge is -2.31. The number of benzene rings is 1. The Hall–Kier alpha value is -2.04. The lowest BCUT2D eigenvalue weighted by atomic mass is 9.97. The van der Waals surface area contributed by atoms with Gasteiger partial charge >= 0.3 is 5.97 Å². The Balaban J connectivity index is 1.90. The molecule has 0 N–H and O–H groups in total. The number of amides is 1. The van der Waals surface area contributed by atoms with E-state index in [1.807, 2.05) is 38.1 Å².